The molecule has 26 valence electrons. The summed E-state index contributed by atoms with van der Waals surface area (Å²) in [6, 6.07) is 0. The van der Waals surface area contributed by atoms with Gasteiger partial charge in [0.2, 0.25) is 0 Å². The van der Waals surface area contributed by atoms with E-state index in [9.17, 15) is 0 Å². The minimum atomic E-state index is -1.03. The van der Waals surface area contributed by atoms with Crippen molar-refractivity contribution in [2.24, 2.45) is 0 Å². The van der Waals surface area contributed by atoms with Crippen LogP contribution in [0.4, 0.5) is 0 Å². The van der Waals surface area contributed by atoms with E-state index in [0.717, 1.165) is 0 Å². The Hall–Kier alpha value is 0.648. The summed E-state index contributed by atoms with van der Waals surface area (Å²) < 4.78 is 8.95. The Morgan fingerprint density at radius 3 is 1.75 bits per heavy atom. The third kappa shape index (κ3) is 17.1. The molecule has 0 saturated carbocycles. The van der Waals surface area contributed by atoms with Crippen molar-refractivity contribution in [2.75, 3.05) is 0 Å². The molecule has 0 atom stereocenters. The molecule has 0 spiro atoms. The Kier molecular flexibility index (Phi) is 20.8. The fourth-order valence-electron chi connectivity index (χ4n) is 0. The second-order valence-corrected chi connectivity index (χ2v) is 0.697. The van der Waals surface area contributed by atoms with Gasteiger partial charge in [0.25, 0.3) is 0 Å². The van der Waals surface area contributed by atoms with Crippen molar-refractivity contribution in [3.63, 3.8) is 0 Å². The molecule has 0 amide bonds. The molecule has 0 aromatic carbocycles. The van der Waals surface area contributed by atoms with Gasteiger partial charge in [0.1, 0.15) is 0 Å². The average molecular weight is 162 g/mol. The van der Waals surface area contributed by atoms with Gasteiger partial charge in [-0.3, -0.25) is 0 Å². The van der Waals surface area contributed by atoms with Gasteiger partial charge in [-0.2, -0.15) is 0 Å². The number of hydrogen-bond donors (Lipinski definition) is 0. The Bertz CT molecular complexity index is 29.0. The maximum atomic E-state index is 8.95. The second-order valence-electron chi connectivity index (χ2n) is 0.118. The van der Waals surface area contributed by atoms with E-state index >= 15 is 0 Å². The first-order valence-corrected chi connectivity index (χ1v) is 2.69. The van der Waals surface area contributed by atoms with Gasteiger partial charge in [-0.25, -0.2) is 0 Å². The molecule has 0 radical (unpaired) electrons. The van der Waals surface area contributed by atoms with Crippen molar-refractivity contribution >= 4 is 17.3 Å². The standard InChI is InChI=1S/CH2.ClH.Mo.O/h1H2;1H;;. The van der Waals surface area contributed by atoms with Gasteiger partial charge in [0, 0.05) is 0 Å². The summed E-state index contributed by atoms with van der Waals surface area (Å²) in [6.45, 7) is 0. The molecule has 0 aromatic rings. The third-order valence-electron chi connectivity index (χ3n) is 0. The Morgan fingerprint density at radius 1 is 1.75 bits per heavy atom. The predicted molar refractivity (Wildman–Crippen MR) is 15.1 cm³/mol. The molecule has 0 aliphatic carbocycles. The summed E-state index contributed by atoms with van der Waals surface area (Å²) in [4.78, 5) is 3.06. The van der Waals surface area contributed by atoms with Crippen LogP contribution in [-0.2, 0) is 21.5 Å². The molecule has 3 heteroatoms. The zero-order valence-corrected chi connectivity index (χ0v) is 4.76. The fraction of sp³-hybridized carbons (Fsp3) is 0. The van der Waals surface area contributed by atoms with Gasteiger partial charge >= 0.3 is 26.4 Å². The summed E-state index contributed by atoms with van der Waals surface area (Å²) in [7, 11) is 0. The Morgan fingerprint density at radius 2 is 1.75 bits per heavy atom. The topological polar surface area (TPSA) is 17.1 Å². The van der Waals surface area contributed by atoms with Crippen LogP contribution in [0.25, 0.3) is 0 Å². The van der Waals surface area contributed by atoms with E-state index in [2.05, 4.69) is 4.90 Å². The molecule has 0 rings (SSSR count). The van der Waals surface area contributed by atoms with Crippen LogP contribution in [0.3, 0.4) is 0 Å². The van der Waals surface area contributed by atoms with Gasteiger partial charge in [-0.1, -0.05) is 0 Å². The Labute approximate surface area is 39.2 Å². The van der Waals surface area contributed by atoms with Crippen molar-refractivity contribution in [3.8, 4) is 0 Å². The minimum absolute atomic E-state index is 0. The molecule has 0 N–H and O–H groups in total. The van der Waals surface area contributed by atoms with Crippen LogP contribution in [-0.4, -0.2) is 4.90 Å². The van der Waals surface area contributed by atoms with Gasteiger partial charge in [-0.05, 0) is 0 Å². The van der Waals surface area contributed by atoms with Crippen LogP contribution in [0.2, 0.25) is 0 Å². The summed E-state index contributed by atoms with van der Waals surface area (Å²) in [5, 5.41) is 0. The SMILES string of the molecule is Cl.[CH2]=[Mo]=[O]. The predicted octanol–water partition coefficient (Wildman–Crippen LogP) is 0.268. The first-order chi connectivity index (χ1) is 1.41. The van der Waals surface area contributed by atoms with E-state index in [1.165, 1.54) is 0 Å². The zero-order valence-electron chi connectivity index (χ0n) is 1.93. The molecular formula is CH3ClMoO. The van der Waals surface area contributed by atoms with Gasteiger partial charge in [0.05, 0.1) is 0 Å². The summed E-state index contributed by atoms with van der Waals surface area (Å²) in [5.41, 5.74) is 0. The molecule has 1 nitrogen and oxygen atoms in total. The molecule has 0 unspecified atom stereocenters. The van der Waals surface area contributed by atoms with E-state index in [4.69, 9.17) is 3.40 Å². The van der Waals surface area contributed by atoms with Gasteiger partial charge in [0.15, 0.2) is 0 Å². The quantitative estimate of drug-likeness (QED) is 0.467. The van der Waals surface area contributed by atoms with Crippen LogP contribution in [0.5, 0.6) is 0 Å². The summed E-state index contributed by atoms with van der Waals surface area (Å²) >= 11 is -1.03. The van der Waals surface area contributed by atoms with Crippen molar-refractivity contribution in [1.82, 2.24) is 0 Å². The van der Waals surface area contributed by atoms with Gasteiger partial charge < -0.3 is 0 Å². The normalized spacial score (nSPS) is 3.00. The summed E-state index contributed by atoms with van der Waals surface area (Å²) in [5.74, 6) is 0. The maximum absolute atomic E-state index is 8.95. The molecule has 0 fully saturated rings. The third-order valence-corrected chi connectivity index (χ3v) is 0. The number of hydrogen-bond acceptors (Lipinski definition) is 1. The van der Waals surface area contributed by atoms with E-state index in [1.54, 1.807) is 0 Å². The van der Waals surface area contributed by atoms with Crippen molar-refractivity contribution in [3.05, 3.63) is 0 Å². The van der Waals surface area contributed by atoms with Crippen LogP contribution < -0.4 is 0 Å². The van der Waals surface area contributed by atoms with Crippen molar-refractivity contribution < 1.29 is 21.5 Å². The van der Waals surface area contributed by atoms with E-state index in [-0.39, 0.29) is 12.4 Å². The van der Waals surface area contributed by atoms with Gasteiger partial charge in [-0.15, -0.1) is 12.4 Å². The van der Waals surface area contributed by atoms with Crippen molar-refractivity contribution in [2.45, 2.75) is 0 Å². The number of halogens is 1. The molecule has 0 aliphatic rings. The molecule has 0 aliphatic heterocycles. The van der Waals surface area contributed by atoms with Crippen LogP contribution in [0, 0.1) is 0 Å². The first-order valence-electron chi connectivity index (χ1n) is 0.455. The Balaban J connectivity index is 0. The number of rotatable bonds is 0. The molecular weight excluding hydrogens is 159 g/mol. The molecule has 4 heavy (non-hydrogen) atoms. The molecule has 0 heterocycles. The monoisotopic (exact) mass is 164 g/mol. The second kappa shape index (κ2) is 9.42. The van der Waals surface area contributed by atoms with Crippen molar-refractivity contribution in [1.29, 1.82) is 0 Å². The zero-order chi connectivity index (χ0) is 2.71. The molecule has 0 aromatic heterocycles. The van der Waals surface area contributed by atoms with Crippen LogP contribution in [0.15, 0.2) is 0 Å². The van der Waals surface area contributed by atoms with E-state index < -0.39 is 18.1 Å². The van der Waals surface area contributed by atoms with E-state index in [0.29, 0.717) is 0 Å². The van der Waals surface area contributed by atoms with Crippen LogP contribution >= 0.6 is 12.4 Å². The fourth-order valence-corrected chi connectivity index (χ4v) is 0. The average Bonchev–Trinajstić information content (AvgIpc) is 0.918. The summed E-state index contributed by atoms with van der Waals surface area (Å²) in [6.07, 6.45) is 0. The molecule has 0 bridgehead atoms. The molecule has 0 saturated heterocycles. The first kappa shape index (κ1) is 8.82. The van der Waals surface area contributed by atoms with Crippen LogP contribution in [0.1, 0.15) is 0 Å². The van der Waals surface area contributed by atoms with E-state index in [1.807, 2.05) is 0 Å².